The SMILES string of the molecule is Oc1ccc(C=NNC(=Nc2ccccc2)c2ccc3ccccc3n2)cc1. The molecule has 0 saturated carbocycles. The third-order valence-electron chi connectivity index (χ3n) is 4.12. The number of nitrogens with zero attached hydrogens (tertiary/aromatic N) is 3. The number of para-hydroxylation sites is 2. The lowest BCUT2D eigenvalue weighted by Crippen LogP contribution is -2.20. The smallest absolute Gasteiger partial charge is 0.173 e. The number of phenols is 1. The monoisotopic (exact) mass is 366 g/mol. The van der Waals surface area contributed by atoms with E-state index in [1.165, 1.54) is 0 Å². The van der Waals surface area contributed by atoms with Gasteiger partial charge in [0.05, 0.1) is 17.4 Å². The number of nitrogens with one attached hydrogen (secondary N) is 1. The van der Waals surface area contributed by atoms with E-state index in [1.807, 2.05) is 66.7 Å². The molecule has 0 fully saturated rings. The molecule has 0 aliphatic heterocycles. The second-order valence-electron chi connectivity index (χ2n) is 6.15. The fourth-order valence-electron chi connectivity index (χ4n) is 2.70. The first-order valence-electron chi connectivity index (χ1n) is 8.86. The van der Waals surface area contributed by atoms with Crippen LogP contribution in [0.15, 0.2) is 101 Å². The molecule has 5 nitrogen and oxygen atoms in total. The van der Waals surface area contributed by atoms with Gasteiger partial charge in [-0.1, -0.05) is 42.5 Å². The van der Waals surface area contributed by atoms with E-state index >= 15 is 0 Å². The van der Waals surface area contributed by atoms with E-state index < -0.39 is 0 Å². The molecule has 28 heavy (non-hydrogen) atoms. The summed E-state index contributed by atoms with van der Waals surface area (Å²) in [5.74, 6) is 0.767. The van der Waals surface area contributed by atoms with Gasteiger partial charge in [0.1, 0.15) is 11.4 Å². The van der Waals surface area contributed by atoms with E-state index in [0.717, 1.165) is 22.2 Å². The molecule has 2 N–H and O–H groups in total. The summed E-state index contributed by atoms with van der Waals surface area (Å²) >= 11 is 0. The number of phenolic OH excluding ortho intramolecular Hbond substituents is 1. The van der Waals surface area contributed by atoms with Gasteiger partial charge in [-0.05, 0) is 54.1 Å². The van der Waals surface area contributed by atoms with Crippen LogP contribution in [-0.4, -0.2) is 22.1 Å². The van der Waals surface area contributed by atoms with Crippen molar-refractivity contribution < 1.29 is 5.11 Å². The molecule has 4 rings (SSSR count). The van der Waals surface area contributed by atoms with Gasteiger partial charge >= 0.3 is 0 Å². The summed E-state index contributed by atoms with van der Waals surface area (Å²) in [5.41, 5.74) is 6.26. The average Bonchev–Trinajstić information content (AvgIpc) is 2.75. The average molecular weight is 366 g/mol. The van der Waals surface area contributed by atoms with Gasteiger partial charge in [-0.3, -0.25) is 5.43 Å². The zero-order valence-electron chi connectivity index (χ0n) is 15.0. The van der Waals surface area contributed by atoms with E-state index in [0.29, 0.717) is 11.5 Å². The summed E-state index contributed by atoms with van der Waals surface area (Å²) in [6.07, 6.45) is 1.67. The number of aromatic nitrogens is 1. The summed E-state index contributed by atoms with van der Waals surface area (Å²) in [6, 6.07) is 28.3. The Morgan fingerprint density at radius 2 is 1.57 bits per heavy atom. The maximum absolute atomic E-state index is 9.38. The lowest BCUT2D eigenvalue weighted by Gasteiger charge is -2.07. The van der Waals surface area contributed by atoms with Crippen LogP contribution < -0.4 is 5.43 Å². The van der Waals surface area contributed by atoms with E-state index in [4.69, 9.17) is 4.98 Å². The highest BCUT2D eigenvalue weighted by atomic mass is 16.3. The lowest BCUT2D eigenvalue weighted by atomic mass is 10.2. The Bertz CT molecular complexity index is 1140. The van der Waals surface area contributed by atoms with E-state index in [-0.39, 0.29) is 5.75 Å². The Kier molecular flexibility index (Phi) is 5.06. The number of hydrazone groups is 1. The van der Waals surface area contributed by atoms with Gasteiger partial charge in [-0.25, -0.2) is 9.98 Å². The van der Waals surface area contributed by atoms with Crippen molar-refractivity contribution in [1.29, 1.82) is 0 Å². The van der Waals surface area contributed by atoms with Crippen LogP contribution in [-0.2, 0) is 0 Å². The van der Waals surface area contributed by atoms with Crippen molar-refractivity contribution >= 4 is 28.6 Å². The summed E-state index contributed by atoms with van der Waals surface area (Å²) in [7, 11) is 0. The molecule has 0 saturated heterocycles. The lowest BCUT2D eigenvalue weighted by molar-refractivity contribution is 0.475. The Morgan fingerprint density at radius 3 is 2.39 bits per heavy atom. The topological polar surface area (TPSA) is 69.9 Å². The van der Waals surface area contributed by atoms with Gasteiger partial charge in [-0.2, -0.15) is 5.10 Å². The van der Waals surface area contributed by atoms with Crippen molar-refractivity contribution in [2.24, 2.45) is 10.1 Å². The summed E-state index contributed by atoms with van der Waals surface area (Å²) in [6.45, 7) is 0. The van der Waals surface area contributed by atoms with Crippen LogP contribution in [0.2, 0.25) is 0 Å². The summed E-state index contributed by atoms with van der Waals surface area (Å²) in [5, 5.41) is 14.7. The fraction of sp³-hybridized carbons (Fsp3) is 0. The zero-order valence-corrected chi connectivity index (χ0v) is 15.0. The number of rotatable bonds is 4. The van der Waals surface area contributed by atoms with Gasteiger partial charge in [0.15, 0.2) is 5.84 Å². The Labute approximate surface area is 162 Å². The molecule has 0 unspecified atom stereocenters. The van der Waals surface area contributed by atoms with Crippen LogP contribution >= 0.6 is 0 Å². The Morgan fingerprint density at radius 1 is 0.821 bits per heavy atom. The largest absolute Gasteiger partial charge is 0.508 e. The maximum atomic E-state index is 9.38. The molecule has 0 aliphatic rings. The number of fused-ring (bicyclic) bond motifs is 1. The second-order valence-corrected chi connectivity index (χ2v) is 6.15. The quantitative estimate of drug-likeness (QED) is 0.314. The zero-order chi connectivity index (χ0) is 19.2. The van der Waals surface area contributed by atoms with Crippen molar-refractivity contribution in [2.75, 3.05) is 0 Å². The van der Waals surface area contributed by atoms with Crippen LogP contribution in [0.3, 0.4) is 0 Å². The highest BCUT2D eigenvalue weighted by molar-refractivity contribution is 6.00. The van der Waals surface area contributed by atoms with E-state index in [1.54, 1.807) is 30.5 Å². The minimum Gasteiger partial charge on any atom is -0.508 e. The first-order chi connectivity index (χ1) is 13.8. The van der Waals surface area contributed by atoms with Crippen LogP contribution in [0, 0.1) is 0 Å². The van der Waals surface area contributed by atoms with Crippen LogP contribution in [0.1, 0.15) is 11.3 Å². The molecule has 0 aliphatic carbocycles. The highest BCUT2D eigenvalue weighted by Gasteiger charge is 2.06. The first kappa shape index (κ1) is 17.4. The third-order valence-corrected chi connectivity index (χ3v) is 4.12. The fourth-order valence-corrected chi connectivity index (χ4v) is 2.70. The van der Waals surface area contributed by atoms with Crippen LogP contribution in [0.25, 0.3) is 10.9 Å². The van der Waals surface area contributed by atoms with Crippen molar-refractivity contribution in [1.82, 2.24) is 10.4 Å². The minimum absolute atomic E-state index is 0.219. The molecule has 5 heteroatoms. The number of hydrogen-bond donors (Lipinski definition) is 2. The molecule has 136 valence electrons. The predicted molar refractivity (Wildman–Crippen MR) is 113 cm³/mol. The number of hydrogen-bond acceptors (Lipinski definition) is 4. The van der Waals surface area contributed by atoms with E-state index in [9.17, 15) is 5.11 Å². The van der Waals surface area contributed by atoms with Crippen molar-refractivity contribution in [3.63, 3.8) is 0 Å². The van der Waals surface area contributed by atoms with Gasteiger partial charge in [0, 0.05) is 5.39 Å². The number of pyridine rings is 1. The molecule has 4 aromatic rings. The normalized spacial score (nSPS) is 11.8. The van der Waals surface area contributed by atoms with Gasteiger partial charge in [0.2, 0.25) is 0 Å². The maximum Gasteiger partial charge on any atom is 0.173 e. The number of aliphatic imine (C=N–C) groups is 1. The van der Waals surface area contributed by atoms with Gasteiger partial charge in [-0.15, -0.1) is 0 Å². The van der Waals surface area contributed by atoms with Crippen molar-refractivity contribution in [2.45, 2.75) is 0 Å². The molecule has 0 bridgehead atoms. The Hall–Kier alpha value is -3.99. The second kappa shape index (κ2) is 8.14. The molecule has 0 radical (unpaired) electrons. The van der Waals surface area contributed by atoms with Crippen LogP contribution in [0.4, 0.5) is 5.69 Å². The number of aromatic hydroxyl groups is 1. The summed E-state index contributed by atoms with van der Waals surface area (Å²) in [4.78, 5) is 9.38. The molecular weight excluding hydrogens is 348 g/mol. The minimum atomic E-state index is 0.219. The van der Waals surface area contributed by atoms with E-state index in [2.05, 4.69) is 15.5 Å². The number of benzene rings is 3. The number of amidine groups is 1. The molecule has 0 spiro atoms. The standard InChI is InChI=1S/C23H18N4O/c28-20-13-10-17(11-14-20)16-24-27-23(25-19-7-2-1-3-8-19)22-15-12-18-6-4-5-9-21(18)26-22/h1-16,28H,(H,25,27). The molecule has 3 aromatic carbocycles. The highest BCUT2D eigenvalue weighted by Crippen LogP contribution is 2.15. The predicted octanol–water partition coefficient (Wildman–Crippen LogP) is 4.64. The molecule has 0 atom stereocenters. The molecule has 1 heterocycles. The Balaban J connectivity index is 1.67. The molecular formula is C23H18N4O. The van der Waals surface area contributed by atoms with Crippen molar-refractivity contribution in [3.8, 4) is 5.75 Å². The molecule has 0 amide bonds. The van der Waals surface area contributed by atoms with Gasteiger partial charge < -0.3 is 5.11 Å². The first-order valence-corrected chi connectivity index (χ1v) is 8.86. The van der Waals surface area contributed by atoms with Crippen LogP contribution in [0.5, 0.6) is 5.75 Å². The van der Waals surface area contributed by atoms with Crippen molar-refractivity contribution in [3.05, 3.63) is 102 Å². The van der Waals surface area contributed by atoms with Gasteiger partial charge in [0.25, 0.3) is 0 Å². The molecule has 1 aromatic heterocycles. The third kappa shape index (κ3) is 4.22. The summed E-state index contributed by atoms with van der Waals surface area (Å²) < 4.78 is 0.